The molecule has 2 N–H and O–H groups in total. The van der Waals surface area contributed by atoms with Crippen molar-refractivity contribution in [3.63, 3.8) is 0 Å². The number of aryl methyl sites for hydroxylation is 2. The zero-order valence-corrected chi connectivity index (χ0v) is 19.6. The molecule has 4 aromatic rings. The highest BCUT2D eigenvalue weighted by Gasteiger charge is 2.17. The fourth-order valence-corrected chi connectivity index (χ4v) is 4.44. The smallest absolute Gasteiger partial charge is 0.261 e. The lowest BCUT2D eigenvalue weighted by molar-refractivity contribution is 0.102. The Labute approximate surface area is 199 Å². The molecule has 0 fully saturated rings. The van der Waals surface area contributed by atoms with Gasteiger partial charge in [-0.15, -0.1) is 0 Å². The van der Waals surface area contributed by atoms with Crippen LogP contribution in [0.4, 0.5) is 11.4 Å². The summed E-state index contributed by atoms with van der Waals surface area (Å²) in [5.41, 5.74) is 2.92. The van der Waals surface area contributed by atoms with E-state index in [1.807, 2.05) is 49.4 Å². The van der Waals surface area contributed by atoms with Crippen molar-refractivity contribution in [1.29, 1.82) is 0 Å². The maximum Gasteiger partial charge on any atom is 0.261 e. The molecule has 0 saturated carbocycles. The van der Waals surface area contributed by atoms with Crippen LogP contribution in [0, 0.1) is 13.8 Å². The second-order valence-electron chi connectivity index (χ2n) is 7.81. The van der Waals surface area contributed by atoms with E-state index in [0.29, 0.717) is 34.0 Å². The van der Waals surface area contributed by atoms with Crippen molar-refractivity contribution in [2.24, 2.45) is 0 Å². The quantitative estimate of drug-likeness (QED) is 0.338. The van der Waals surface area contributed by atoms with E-state index in [2.05, 4.69) is 10.0 Å². The standard InChI is InChI=1S/C27H24N2O4S/c1-19-12-15-23(16-13-19)34(31,32)29-24-17-14-21(18-20(24)2)27(30)28-25-10-6-7-11-26(25)33-22-8-4-3-5-9-22/h3-18,29H,1-2H3,(H,28,30). The number of amides is 1. The van der Waals surface area contributed by atoms with Gasteiger partial charge in [0, 0.05) is 5.56 Å². The number of sulfonamides is 1. The predicted molar refractivity (Wildman–Crippen MR) is 134 cm³/mol. The third-order valence-corrected chi connectivity index (χ3v) is 6.55. The molecule has 0 radical (unpaired) electrons. The molecule has 0 aliphatic rings. The largest absolute Gasteiger partial charge is 0.455 e. The molecule has 4 aromatic carbocycles. The van der Waals surface area contributed by atoms with Gasteiger partial charge in [0.15, 0.2) is 5.75 Å². The molecule has 0 aromatic heterocycles. The molecule has 7 heteroatoms. The molecule has 0 unspecified atom stereocenters. The number of carbonyl (C=O) groups is 1. The zero-order chi connectivity index (χ0) is 24.1. The summed E-state index contributed by atoms with van der Waals surface area (Å²) in [6, 6.07) is 27.9. The van der Waals surface area contributed by atoms with Crippen LogP contribution in [0.5, 0.6) is 11.5 Å². The van der Waals surface area contributed by atoms with E-state index in [9.17, 15) is 13.2 Å². The van der Waals surface area contributed by atoms with Gasteiger partial charge >= 0.3 is 0 Å². The molecule has 0 atom stereocenters. The van der Waals surface area contributed by atoms with Crippen molar-refractivity contribution < 1.29 is 17.9 Å². The van der Waals surface area contributed by atoms with Gasteiger partial charge in [0.1, 0.15) is 5.75 Å². The SMILES string of the molecule is Cc1ccc(S(=O)(=O)Nc2ccc(C(=O)Nc3ccccc3Oc3ccccc3)cc2C)cc1. The van der Waals surface area contributed by atoms with Gasteiger partial charge in [0.25, 0.3) is 15.9 Å². The minimum Gasteiger partial charge on any atom is -0.455 e. The zero-order valence-electron chi connectivity index (χ0n) is 18.8. The lowest BCUT2D eigenvalue weighted by Crippen LogP contribution is -2.15. The van der Waals surface area contributed by atoms with Gasteiger partial charge in [-0.25, -0.2) is 8.42 Å². The Morgan fingerprint density at radius 2 is 1.44 bits per heavy atom. The van der Waals surface area contributed by atoms with Crippen LogP contribution in [0.25, 0.3) is 0 Å². The summed E-state index contributed by atoms with van der Waals surface area (Å²) in [5.74, 6) is 0.840. The molecule has 0 heterocycles. The van der Waals surface area contributed by atoms with Crippen molar-refractivity contribution in [3.8, 4) is 11.5 Å². The van der Waals surface area contributed by atoms with Crippen LogP contribution in [-0.2, 0) is 10.0 Å². The number of carbonyl (C=O) groups excluding carboxylic acids is 1. The topological polar surface area (TPSA) is 84.5 Å². The van der Waals surface area contributed by atoms with Crippen molar-refractivity contribution in [2.75, 3.05) is 10.0 Å². The third kappa shape index (κ3) is 5.44. The molecule has 0 saturated heterocycles. The molecule has 172 valence electrons. The van der Waals surface area contributed by atoms with Crippen LogP contribution in [0.2, 0.25) is 0 Å². The molecule has 0 bridgehead atoms. The van der Waals surface area contributed by atoms with E-state index in [-0.39, 0.29) is 10.8 Å². The van der Waals surface area contributed by atoms with Gasteiger partial charge in [-0.1, -0.05) is 48.0 Å². The first-order valence-corrected chi connectivity index (χ1v) is 12.1. The number of nitrogens with one attached hydrogen (secondary N) is 2. The Bertz CT molecular complexity index is 1420. The number of para-hydroxylation sites is 3. The number of ether oxygens (including phenoxy) is 1. The van der Waals surface area contributed by atoms with Crippen LogP contribution in [0.1, 0.15) is 21.5 Å². The lowest BCUT2D eigenvalue weighted by Gasteiger charge is -2.14. The van der Waals surface area contributed by atoms with Crippen LogP contribution in [-0.4, -0.2) is 14.3 Å². The van der Waals surface area contributed by atoms with Crippen molar-refractivity contribution in [1.82, 2.24) is 0 Å². The van der Waals surface area contributed by atoms with Gasteiger partial charge in [-0.3, -0.25) is 9.52 Å². The maximum absolute atomic E-state index is 12.9. The first-order chi connectivity index (χ1) is 16.3. The minimum absolute atomic E-state index is 0.175. The molecule has 6 nitrogen and oxygen atoms in total. The second-order valence-corrected chi connectivity index (χ2v) is 9.50. The van der Waals surface area contributed by atoms with Gasteiger partial charge in [0.05, 0.1) is 16.3 Å². The predicted octanol–water partition coefficient (Wildman–Crippen LogP) is 6.15. The summed E-state index contributed by atoms with van der Waals surface area (Å²) in [4.78, 5) is 13.1. The van der Waals surface area contributed by atoms with Crippen molar-refractivity contribution in [3.05, 3.63) is 114 Å². The monoisotopic (exact) mass is 472 g/mol. The summed E-state index contributed by atoms with van der Waals surface area (Å²) < 4.78 is 33.9. The summed E-state index contributed by atoms with van der Waals surface area (Å²) in [5, 5.41) is 2.87. The Morgan fingerprint density at radius 1 is 0.765 bits per heavy atom. The van der Waals surface area contributed by atoms with Gasteiger partial charge < -0.3 is 10.1 Å². The van der Waals surface area contributed by atoms with E-state index in [1.54, 1.807) is 61.5 Å². The van der Waals surface area contributed by atoms with Gasteiger partial charge in [-0.2, -0.15) is 0 Å². The van der Waals surface area contributed by atoms with E-state index in [1.165, 1.54) is 0 Å². The molecular weight excluding hydrogens is 448 g/mol. The number of hydrogen-bond acceptors (Lipinski definition) is 4. The summed E-state index contributed by atoms with van der Waals surface area (Å²) in [6.07, 6.45) is 0. The van der Waals surface area contributed by atoms with Crippen molar-refractivity contribution in [2.45, 2.75) is 18.7 Å². The highest BCUT2D eigenvalue weighted by molar-refractivity contribution is 7.92. The molecular formula is C27H24N2O4S. The van der Waals surface area contributed by atoms with E-state index >= 15 is 0 Å². The fraction of sp³-hybridized carbons (Fsp3) is 0.0741. The Hall–Kier alpha value is -4.10. The minimum atomic E-state index is -3.74. The highest BCUT2D eigenvalue weighted by Crippen LogP contribution is 2.30. The van der Waals surface area contributed by atoms with Crippen LogP contribution >= 0.6 is 0 Å². The number of anilines is 2. The maximum atomic E-state index is 12.9. The normalized spacial score (nSPS) is 11.0. The van der Waals surface area contributed by atoms with Gasteiger partial charge in [-0.05, 0) is 74.0 Å². The highest BCUT2D eigenvalue weighted by atomic mass is 32.2. The second kappa shape index (κ2) is 9.80. The van der Waals surface area contributed by atoms with E-state index in [0.717, 1.165) is 5.56 Å². The molecule has 1 amide bonds. The van der Waals surface area contributed by atoms with E-state index < -0.39 is 10.0 Å². The molecule has 0 aliphatic heterocycles. The van der Waals surface area contributed by atoms with Crippen molar-refractivity contribution >= 4 is 27.3 Å². The average Bonchev–Trinajstić information content (AvgIpc) is 2.82. The number of rotatable bonds is 7. The van der Waals surface area contributed by atoms with Crippen LogP contribution in [0.3, 0.4) is 0 Å². The summed E-state index contributed by atoms with van der Waals surface area (Å²) in [6.45, 7) is 3.64. The van der Waals surface area contributed by atoms with Crippen LogP contribution in [0.15, 0.2) is 102 Å². The molecule has 0 aliphatic carbocycles. The first kappa shape index (κ1) is 23.1. The molecule has 4 rings (SSSR count). The van der Waals surface area contributed by atoms with Crippen LogP contribution < -0.4 is 14.8 Å². The molecule has 0 spiro atoms. The summed E-state index contributed by atoms with van der Waals surface area (Å²) in [7, 11) is -3.74. The third-order valence-electron chi connectivity index (χ3n) is 5.17. The Kier molecular flexibility index (Phi) is 6.65. The number of benzene rings is 4. The lowest BCUT2D eigenvalue weighted by atomic mass is 10.1. The first-order valence-electron chi connectivity index (χ1n) is 10.7. The Balaban J connectivity index is 1.50. The molecule has 34 heavy (non-hydrogen) atoms. The average molecular weight is 473 g/mol. The fourth-order valence-electron chi connectivity index (χ4n) is 3.31. The van der Waals surface area contributed by atoms with Gasteiger partial charge in [0.2, 0.25) is 0 Å². The summed E-state index contributed by atoms with van der Waals surface area (Å²) >= 11 is 0. The number of hydrogen-bond donors (Lipinski definition) is 2. The van der Waals surface area contributed by atoms with E-state index in [4.69, 9.17) is 4.74 Å². The Morgan fingerprint density at radius 3 is 2.15 bits per heavy atom.